The average molecular weight is 250 g/mol. The van der Waals surface area contributed by atoms with Crippen molar-refractivity contribution in [3.63, 3.8) is 0 Å². The Morgan fingerprint density at radius 1 is 1.25 bits per heavy atom. The predicted molar refractivity (Wildman–Crippen MR) is 62.6 cm³/mol. The zero-order valence-electron chi connectivity index (χ0n) is 7.95. The lowest BCUT2D eigenvalue weighted by molar-refractivity contribution is 0.427. The van der Waals surface area contributed by atoms with E-state index >= 15 is 0 Å². The highest BCUT2D eigenvalue weighted by Gasteiger charge is 2.14. The second kappa shape index (κ2) is 3.73. The number of thiophene rings is 2. The maximum Gasteiger partial charge on any atom is 0.272 e. The average Bonchev–Trinajstić information content (AvgIpc) is 2.96. The number of nitrogens with zero attached hydrogens (tertiary/aromatic N) is 2. The van der Waals surface area contributed by atoms with E-state index in [1.54, 1.807) is 22.8 Å². The second-order valence-electron chi connectivity index (χ2n) is 3.07. The van der Waals surface area contributed by atoms with Crippen LogP contribution >= 0.6 is 22.7 Å². The molecule has 3 heterocycles. The van der Waals surface area contributed by atoms with Crippen LogP contribution in [0.1, 0.15) is 0 Å². The molecule has 0 unspecified atom stereocenters. The minimum Gasteiger partial charge on any atom is -0.506 e. The molecule has 0 aliphatic carbocycles. The van der Waals surface area contributed by atoms with Crippen molar-refractivity contribution in [2.24, 2.45) is 0 Å². The third-order valence-corrected chi connectivity index (χ3v) is 3.62. The van der Waals surface area contributed by atoms with Gasteiger partial charge in [0.15, 0.2) is 0 Å². The van der Waals surface area contributed by atoms with Crippen molar-refractivity contribution in [3.8, 4) is 27.9 Å². The first-order chi connectivity index (χ1) is 7.84. The molecule has 0 radical (unpaired) electrons. The van der Waals surface area contributed by atoms with Crippen molar-refractivity contribution in [2.75, 3.05) is 0 Å². The molecule has 0 atom stereocenters. The van der Waals surface area contributed by atoms with Crippen molar-refractivity contribution in [3.05, 3.63) is 28.3 Å². The molecule has 0 saturated heterocycles. The predicted octanol–water partition coefficient (Wildman–Crippen LogP) is 3.23. The monoisotopic (exact) mass is 250 g/mol. The Morgan fingerprint density at radius 3 is 2.88 bits per heavy atom. The van der Waals surface area contributed by atoms with E-state index in [0.717, 1.165) is 5.56 Å². The van der Waals surface area contributed by atoms with E-state index in [1.165, 1.54) is 11.3 Å². The molecule has 0 amide bonds. The molecule has 80 valence electrons. The van der Waals surface area contributed by atoms with Gasteiger partial charge in [0, 0.05) is 10.9 Å². The molecular weight excluding hydrogens is 244 g/mol. The highest BCUT2D eigenvalue weighted by Crippen LogP contribution is 2.34. The van der Waals surface area contributed by atoms with E-state index in [1.807, 2.05) is 16.8 Å². The fraction of sp³-hybridized carbons (Fsp3) is 0. The number of aromatic hydroxyl groups is 1. The normalized spacial score (nSPS) is 10.8. The van der Waals surface area contributed by atoms with E-state index in [0.29, 0.717) is 16.6 Å². The first-order valence-corrected chi connectivity index (χ1v) is 6.30. The summed E-state index contributed by atoms with van der Waals surface area (Å²) in [5.74, 6) is 1.07. The van der Waals surface area contributed by atoms with Gasteiger partial charge in [-0.3, -0.25) is 0 Å². The van der Waals surface area contributed by atoms with Crippen LogP contribution in [-0.4, -0.2) is 15.2 Å². The fourth-order valence-corrected chi connectivity index (χ4v) is 2.63. The maximum absolute atomic E-state index is 9.53. The van der Waals surface area contributed by atoms with E-state index in [9.17, 15) is 5.11 Å². The fourth-order valence-electron chi connectivity index (χ4n) is 1.29. The molecule has 3 aromatic heterocycles. The first-order valence-electron chi connectivity index (χ1n) is 4.48. The summed E-state index contributed by atoms with van der Waals surface area (Å²) < 4.78 is 5.11. The van der Waals surface area contributed by atoms with Crippen molar-refractivity contribution in [1.29, 1.82) is 0 Å². The summed E-state index contributed by atoms with van der Waals surface area (Å²) >= 11 is 2.95. The molecule has 16 heavy (non-hydrogen) atoms. The van der Waals surface area contributed by atoms with Gasteiger partial charge in [-0.25, -0.2) is 0 Å². The number of rotatable bonds is 2. The lowest BCUT2D eigenvalue weighted by Gasteiger charge is -1.87. The van der Waals surface area contributed by atoms with Crippen LogP contribution in [-0.2, 0) is 0 Å². The molecule has 1 N–H and O–H groups in total. The van der Waals surface area contributed by atoms with Crippen LogP contribution in [0, 0.1) is 0 Å². The van der Waals surface area contributed by atoms with Gasteiger partial charge in [-0.15, -0.1) is 11.3 Å². The molecule has 0 aliphatic heterocycles. The van der Waals surface area contributed by atoms with Gasteiger partial charge in [0.05, 0.1) is 0 Å². The topological polar surface area (TPSA) is 59.2 Å². The van der Waals surface area contributed by atoms with E-state index in [4.69, 9.17) is 4.52 Å². The third-order valence-electron chi connectivity index (χ3n) is 2.04. The van der Waals surface area contributed by atoms with Gasteiger partial charge < -0.3 is 9.63 Å². The number of hydrogen-bond acceptors (Lipinski definition) is 6. The number of hydrogen-bond donors (Lipinski definition) is 1. The van der Waals surface area contributed by atoms with E-state index in [-0.39, 0.29) is 5.75 Å². The molecule has 3 aromatic rings. The molecular formula is C10H6N2O2S2. The van der Waals surface area contributed by atoms with Gasteiger partial charge in [0.2, 0.25) is 5.82 Å². The van der Waals surface area contributed by atoms with Gasteiger partial charge >= 0.3 is 0 Å². The SMILES string of the molecule is Oc1ccsc1-c1nc(-c2ccsc2)no1. The lowest BCUT2D eigenvalue weighted by Crippen LogP contribution is -1.76. The quantitative estimate of drug-likeness (QED) is 0.758. The molecule has 4 nitrogen and oxygen atoms in total. The van der Waals surface area contributed by atoms with Crippen LogP contribution in [0.2, 0.25) is 0 Å². The molecule has 6 heteroatoms. The summed E-state index contributed by atoms with van der Waals surface area (Å²) in [4.78, 5) is 4.84. The summed E-state index contributed by atoms with van der Waals surface area (Å²) in [6.45, 7) is 0. The molecule has 0 aliphatic rings. The minimum atomic E-state index is 0.172. The van der Waals surface area contributed by atoms with Crippen LogP contribution in [0.25, 0.3) is 22.2 Å². The maximum atomic E-state index is 9.53. The van der Waals surface area contributed by atoms with Crippen molar-refractivity contribution < 1.29 is 9.63 Å². The van der Waals surface area contributed by atoms with E-state index < -0.39 is 0 Å². The van der Waals surface area contributed by atoms with Crippen LogP contribution in [0.5, 0.6) is 5.75 Å². The smallest absolute Gasteiger partial charge is 0.272 e. The summed E-state index contributed by atoms with van der Waals surface area (Å²) in [6, 6.07) is 3.53. The van der Waals surface area contributed by atoms with Crippen molar-refractivity contribution in [1.82, 2.24) is 10.1 Å². The largest absolute Gasteiger partial charge is 0.506 e. The third kappa shape index (κ3) is 1.52. The van der Waals surface area contributed by atoms with Crippen molar-refractivity contribution in [2.45, 2.75) is 0 Å². The summed E-state index contributed by atoms with van der Waals surface area (Å²) in [6.07, 6.45) is 0. The Morgan fingerprint density at radius 2 is 2.19 bits per heavy atom. The lowest BCUT2D eigenvalue weighted by atomic mass is 10.3. The second-order valence-corrected chi connectivity index (χ2v) is 4.77. The first kappa shape index (κ1) is 9.56. The Hall–Kier alpha value is -1.66. The van der Waals surface area contributed by atoms with Crippen LogP contribution in [0.15, 0.2) is 32.8 Å². The summed E-state index contributed by atoms with van der Waals surface area (Å²) in [7, 11) is 0. The summed E-state index contributed by atoms with van der Waals surface area (Å²) in [5.41, 5.74) is 0.927. The molecule has 0 fully saturated rings. The molecule has 0 aromatic carbocycles. The molecule has 0 spiro atoms. The van der Waals surface area contributed by atoms with Crippen LogP contribution in [0.4, 0.5) is 0 Å². The van der Waals surface area contributed by atoms with Crippen LogP contribution < -0.4 is 0 Å². The summed E-state index contributed by atoms with van der Waals surface area (Å²) in [5, 5.41) is 19.1. The van der Waals surface area contributed by atoms with Crippen molar-refractivity contribution >= 4 is 22.7 Å². The Labute approximate surface area is 98.8 Å². The van der Waals surface area contributed by atoms with Gasteiger partial charge in [0.25, 0.3) is 5.89 Å². The van der Waals surface area contributed by atoms with Gasteiger partial charge in [-0.1, -0.05) is 5.16 Å². The zero-order valence-corrected chi connectivity index (χ0v) is 9.59. The van der Waals surface area contributed by atoms with Gasteiger partial charge in [0.1, 0.15) is 10.6 Å². The highest BCUT2D eigenvalue weighted by atomic mass is 32.1. The van der Waals surface area contributed by atoms with Gasteiger partial charge in [-0.05, 0) is 22.9 Å². The standard InChI is InChI=1S/C10H6N2O2S2/c13-7-2-4-16-8(7)10-11-9(12-14-10)6-1-3-15-5-6/h1-5,13H. The number of aromatic nitrogens is 2. The van der Waals surface area contributed by atoms with Crippen LogP contribution in [0.3, 0.4) is 0 Å². The Kier molecular flexibility index (Phi) is 2.23. The minimum absolute atomic E-state index is 0.172. The highest BCUT2D eigenvalue weighted by molar-refractivity contribution is 7.13. The zero-order chi connectivity index (χ0) is 11.0. The molecule has 3 rings (SSSR count). The van der Waals surface area contributed by atoms with Gasteiger partial charge in [-0.2, -0.15) is 16.3 Å². The Bertz CT molecular complexity index is 598. The molecule has 0 bridgehead atoms. The van der Waals surface area contributed by atoms with E-state index in [2.05, 4.69) is 10.1 Å². The molecule has 0 saturated carbocycles. The Balaban J connectivity index is 2.03.